The minimum absolute atomic E-state index is 0.0103. The number of phenols is 5. The summed E-state index contributed by atoms with van der Waals surface area (Å²) in [6, 6.07) is 7.40. The molecule has 0 bridgehead atoms. The minimum Gasteiger partial charge on any atom is -0.508 e. The van der Waals surface area contributed by atoms with Gasteiger partial charge in [-0.25, -0.2) is 0 Å². The number of aryl methyl sites for hydroxylation is 1. The highest BCUT2D eigenvalue weighted by Gasteiger charge is 2.30. The fourth-order valence-corrected chi connectivity index (χ4v) is 2.76. The Morgan fingerprint density at radius 1 is 0.667 bits per heavy atom. The van der Waals surface area contributed by atoms with Crippen molar-refractivity contribution in [2.75, 3.05) is 0 Å². The van der Waals surface area contributed by atoms with Crippen LogP contribution in [0, 0.1) is 6.92 Å². The van der Waals surface area contributed by atoms with Crippen LogP contribution in [-0.2, 0) is 0 Å². The molecule has 0 atom stereocenters. The summed E-state index contributed by atoms with van der Waals surface area (Å²) in [4.78, 5) is 0. The van der Waals surface area contributed by atoms with Crippen molar-refractivity contribution in [2.24, 2.45) is 0 Å². The van der Waals surface area contributed by atoms with Crippen molar-refractivity contribution < 1.29 is 39.7 Å². The van der Waals surface area contributed by atoms with Crippen LogP contribution in [-0.4, -0.2) is 25.5 Å². The highest BCUT2D eigenvalue weighted by Crippen LogP contribution is 2.58. The van der Waals surface area contributed by atoms with E-state index in [9.17, 15) is 25.5 Å². The van der Waals surface area contributed by atoms with E-state index in [1.165, 1.54) is 24.3 Å². The Bertz CT molecular complexity index is 1050. The predicted octanol–water partition coefficient (Wildman–Crippen LogP) is 4.21. The van der Waals surface area contributed by atoms with Crippen LogP contribution in [0.15, 0.2) is 36.4 Å². The Hall–Kier alpha value is -3.94. The van der Waals surface area contributed by atoms with Crippen molar-refractivity contribution in [1.29, 1.82) is 0 Å². The Balaban J connectivity index is 1.84. The average Bonchev–Trinajstić information content (AvgIpc) is 2.56. The van der Waals surface area contributed by atoms with Crippen LogP contribution < -0.4 is 14.2 Å². The number of rotatable bonds is 2. The molecule has 1 aliphatic heterocycles. The lowest BCUT2D eigenvalue weighted by Gasteiger charge is -2.25. The van der Waals surface area contributed by atoms with E-state index in [0.717, 1.165) is 12.1 Å². The Morgan fingerprint density at radius 2 is 1.30 bits per heavy atom. The van der Waals surface area contributed by atoms with Gasteiger partial charge in [0.05, 0.1) is 0 Å². The number of ether oxygens (including phenoxy) is 3. The topological polar surface area (TPSA) is 129 Å². The second kappa shape index (κ2) is 5.80. The van der Waals surface area contributed by atoms with Crippen LogP contribution in [0.2, 0.25) is 0 Å². The van der Waals surface area contributed by atoms with Gasteiger partial charge in [0, 0.05) is 30.3 Å². The molecule has 1 aliphatic rings. The smallest absolute Gasteiger partial charge is 0.216 e. The molecule has 0 radical (unpaired) electrons. The number of fused-ring (bicyclic) bond motifs is 2. The van der Waals surface area contributed by atoms with Crippen LogP contribution in [0.4, 0.5) is 0 Å². The van der Waals surface area contributed by atoms with E-state index >= 15 is 0 Å². The van der Waals surface area contributed by atoms with Gasteiger partial charge in [-0.15, -0.1) is 0 Å². The second-order valence-electron chi connectivity index (χ2n) is 5.98. The van der Waals surface area contributed by atoms with Gasteiger partial charge in [-0.3, -0.25) is 0 Å². The summed E-state index contributed by atoms with van der Waals surface area (Å²) in [6.07, 6.45) is 0. The first-order valence-electron chi connectivity index (χ1n) is 7.81. The van der Waals surface area contributed by atoms with Crippen LogP contribution >= 0.6 is 0 Å². The lowest BCUT2D eigenvalue weighted by molar-refractivity contribution is 0.306. The molecule has 3 aromatic rings. The molecule has 1 heterocycles. The van der Waals surface area contributed by atoms with Gasteiger partial charge in [0.2, 0.25) is 17.2 Å². The molecule has 0 unspecified atom stereocenters. The first kappa shape index (κ1) is 16.5. The molecule has 27 heavy (non-hydrogen) atoms. The van der Waals surface area contributed by atoms with E-state index < -0.39 is 0 Å². The lowest BCUT2D eigenvalue weighted by Crippen LogP contribution is -2.02. The van der Waals surface area contributed by atoms with Gasteiger partial charge < -0.3 is 39.7 Å². The maximum absolute atomic E-state index is 10.2. The fraction of sp³-hybridized carbons (Fsp3) is 0.0526. The molecular formula is C19H14O8. The summed E-state index contributed by atoms with van der Waals surface area (Å²) in [5.41, 5.74) is 0.472. The molecule has 0 aromatic heterocycles. The molecule has 5 N–H and O–H groups in total. The van der Waals surface area contributed by atoms with Crippen LogP contribution in [0.5, 0.6) is 63.2 Å². The molecule has 0 aliphatic carbocycles. The zero-order valence-corrected chi connectivity index (χ0v) is 13.9. The van der Waals surface area contributed by atoms with Crippen molar-refractivity contribution in [1.82, 2.24) is 0 Å². The van der Waals surface area contributed by atoms with Gasteiger partial charge in [0.15, 0.2) is 23.0 Å². The zero-order chi connectivity index (χ0) is 19.3. The van der Waals surface area contributed by atoms with E-state index in [1.54, 1.807) is 6.92 Å². The van der Waals surface area contributed by atoms with E-state index in [4.69, 9.17) is 14.2 Å². The molecule has 3 aromatic carbocycles. The lowest BCUT2D eigenvalue weighted by atomic mass is 10.1. The highest BCUT2D eigenvalue weighted by molar-refractivity contribution is 5.70. The third-order valence-corrected chi connectivity index (χ3v) is 3.89. The molecule has 0 amide bonds. The third kappa shape index (κ3) is 2.82. The maximum Gasteiger partial charge on any atom is 0.216 e. The van der Waals surface area contributed by atoms with Crippen molar-refractivity contribution in [3.8, 4) is 63.2 Å². The minimum atomic E-state index is -0.363. The zero-order valence-electron chi connectivity index (χ0n) is 13.9. The predicted molar refractivity (Wildman–Crippen MR) is 92.6 cm³/mol. The first-order chi connectivity index (χ1) is 12.8. The summed E-state index contributed by atoms with van der Waals surface area (Å²) >= 11 is 0. The van der Waals surface area contributed by atoms with E-state index in [1.807, 2.05) is 0 Å². The van der Waals surface area contributed by atoms with Gasteiger partial charge in [0.1, 0.15) is 23.0 Å². The largest absolute Gasteiger partial charge is 0.508 e. The van der Waals surface area contributed by atoms with Gasteiger partial charge >= 0.3 is 0 Å². The maximum atomic E-state index is 10.2. The quantitative estimate of drug-likeness (QED) is 0.355. The molecule has 0 saturated heterocycles. The molecule has 0 saturated carbocycles. The number of hydrogen-bond donors (Lipinski definition) is 5. The molecule has 0 spiro atoms. The van der Waals surface area contributed by atoms with Crippen LogP contribution in [0.1, 0.15) is 5.56 Å². The standard InChI is InChI=1S/C19H14O8/c1-8-2-13(23)18-19(16(8)25-12-4-9(20)3-10(21)5-12)27-17-14(24)6-11(22)7-15(17)26-18/h2-7,20-24H,1H3. The molecule has 138 valence electrons. The summed E-state index contributed by atoms with van der Waals surface area (Å²) in [7, 11) is 0. The van der Waals surface area contributed by atoms with Gasteiger partial charge in [-0.1, -0.05) is 0 Å². The Labute approximate surface area is 152 Å². The summed E-state index contributed by atoms with van der Waals surface area (Å²) < 4.78 is 17.0. The van der Waals surface area contributed by atoms with E-state index in [-0.39, 0.29) is 63.2 Å². The summed E-state index contributed by atoms with van der Waals surface area (Å²) in [5, 5.41) is 49.1. The van der Waals surface area contributed by atoms with Crippen LogP contribution in [0.25, 0.3) is 0 Å². The van der Waals surface area contributed by atoms with Gasteiger partial charge in [-0.2, -0.15) is 0 Å². The van der Waals surface area contributed by atoms with Crippen molar-refractivity contribution in [3.63, 3.8) is 0 Å². The molecule has 8 heteroatoms. The number of aromatic hydroxyl groups is 5. The monoisotopic (exact) mass is 370 g/mol. The van der Waals surface area contributed by atoms with Crippen molar-refractivity contribution in [3.05, 3.63) is 42.0 Å². The van der Waals surface area contributed by atoms with E-state index in [2.05, 4.69) is 0 Å². The average molecular weight is 370 g/mol. The van der Waals surface area contributed by atoms with Gasteiger partial charge in [0.25, 0.3) is 0 Å². The highest BCUT2D eigenvalue weighted by atomic mass is 16.6. The fourth-order valence-electron chi connectivity index (χ4n) is 2.76. The molecule has 8 nitrogen and oxygen atoms in total. The number of benzene rings is 3. The van der Waals surface area contributed by atoms with E-state index in [0.29, 0.717) is 5.56 Å². The molecule has 4 rings (SSSR count). The van der Waals surface area contributed by atoms with Gasteiger partial charge in [-0.05, 0) is 18.6 Å². The SMILES string of the molecule is Cc1cc(O)c2c(c1Oc1cc(O)cc(O)c1)Oc1c(O)cc(O)cc1O2. The second-order valence-corrected chi connectivity index (χ2v) is 5.98. The summed E-state index contributed by atoms with van der Waals surface area (Å²) in [6.45, 7) is 1.65. The Morgan fingerprint density at radius 3 is 2.00 bits per heavy atom. The third-order valence-electron chi connectivity index (χ3n) is 3.89. The number of phenolic OH excluding ortho intramolecular Hbond substituents is 5. The van der Waals surface area contributed by atoms with Crippen molar-refractivity contribution in [2.45, 2.75) is 6.92 Å². The Kier molecular flexibility index (Phi) is 3.55. The number of hydrogen-bond acceptors (Lipinski definition) is 8. The molecular weight excluding hydrogens is 356 g/mol. The molecule has 0 fully saturated rings. The summed E-state index contributed by atoms with van der Waals surface area (Å²) in [5.74, 6) is -1.11. The van der Waals surface area contributed by atoms with Crippen molar-refractivity contribution >= 4 is 0 Å². The normalized spacial score (nSPS) is 11.7. The van der Waals surface area contributed by atoms with Crippen LogP contribution in [0.3, 0.4) is 0 Å². The first-order valence-corrected chi connectivity index (χ1v) is 7.81.